The summed E-state index contributed by atoms with van der Waals surface area (Å²) in [6.45, 7) is 0. The van der Waals surface area contributed by atoms with Crippen LogP contribution >= 0.6 is 66.8 Å². The molecule has 0 spiro atoms. The number of nitrogens with zero attached hydrogens (tertiary/aromatic N) is 8. The van der Waals surface area contributed by atoms with E-state index < -0.39 is 0 Å². The molecule has 0 saturated heterocycles. The SMILES string of the molecule is [CH3-].[Cl][Cu].[Cl][Cu].[Li+].c1cc(N2CSc3ncccc32)cc(-[n+]2csc3ncccc32)c1.c1cc(N2[CH-]Sc3ncccc32)cc(N2[CH-]Sc3ncccc32)c1. The van der Waals surface area contributed by atoms with Crippen LogP contribution in [0.3, 0.4) is 0 Å². The van der Waals surface area contributed by atoms with Gasteiger partial charge in [0.1, 0.15) is 5.03 Å². The van der Waals surface area contributed by atoms with Crippen molar-refractivity contribution in [1.29, 1.82) is 0 Å². The van der Waals surface area contributed by atoms with Gasteiger partial charge in [0.15, 0.2) is 4.83 Å². The van der Waals surface area contributed by atoms with Crippen LogP contribution in [0.4, 0.5) is 34.1 Å². The van der Waals surface area contributed by atoms with E-state index in [4.69, 9.17) is 0 Å². The van der Waals surface area contributed by atoms with Crippen LogP contribution in [0.5, 0.6) is 0 Å². The second kappa shape index (κ2) is 20.7. The fraction of sp³-hybridized carbons (Fsp3) is 0.0270. The average Bonchev–Trinajstić information content (AvgIpc) is 4.04. The summed E-state index contributed by atoms with van der Waals surface area (Å²) in [6, 6.07) is 33.5. The summed E-state index contributed by atoms with van der Waals surface area (Å²) < 4.78 is 2.20. The summed E-state index contributed by atoms with van der Waals surface area (Å²) in [4.78, 5) is 25.5. The van der Waals surface area contributed by atoms with E-state index in [1.165, 1.54) is 11.4 Å². The number of hydrogen-bond donors (Lipinski definition) is 0. The topological polar surface area (TPSA) is 65.2 Å². The van der Waals surface area contributed by atoms with E-state index in [9.17, 15) is 0 Å². The Morgan fingerprint density at radius 3 is 1.80 bits per heavy atom. The van der Waals surface area contributed by atoms with Gasteiger partial charge in [-0.2, -0.15) is 11.8 Å². The molecule has 0 amide bonds. The van der Waals surface area contributed by atoms with Gasteiger partial charge in [-0.25, -0.2) is 9.97 Å². The number of hydrogen-bond acceptors (Lipinski definition) is 11. The molecule has 278 valence electrons. The Bertz CT molecular complexity index is 2240. The van der Waals surface area contributed by atoms with E-state index in [-0.39, 0.29) is 26.3 Å². The maximum atomic E-state index is 4.46. The molecule has 10 rings (SSSR count). The smallest absolute Gasteiger partial charge is 0.482 e. The number of benzene rings is 2. The van der Waals surface area contributed by atoms with Crippen LogP contribution in [0.25, 0.3) is 16.0 Å². The molecule has 2 aromatic carbocycles. The van der Waals surface area contributed by atoms with Crippen LogP contribution < -0.4 is 38.1 Å². The zero-order chi connectivity index (χ0) is 35.9. The molecular formula is C37H28Cl2Cu2LiN8S4-. The summed E-state index contributed by atoms with van der Waals surface area (Å²) in [5, 5.41) is 3.18. The molecule has 0 atom stereocenters. The predicted octanol–water partition coefficient (Wildman–Crippen LogP) is 8.20. The molecule has 7 aromatic rings. The number of aromatic nitrogens is 5. The van der Waals surface area contributed by atoms with E-state index in [1.807, 2.05) is 49.1 Å². The Morgan fingerprint density at radius 2 is 1.15 bits per heavy atom. The first-order valence-electron chi connectivity index (χ1n) is 15.3. The number of fused-ring (bicyclic) bond motifs is 4. The average molecular weight is 918 g/mol. The maximum absolute atomic E-state index is 4.46. The van der Waals surface area contributed by atoms with E-state index in [0.717, 1.165) is 59.7 Å². The van der Waals surface area contributed by atoms with Crippen LogP contribution in [-0.4, -0.2) is 25.8 Å². The first kappa shape index (κ1) is 42.7. The van der Waals surface area contributed by atoms with Gasteiger partial charge in [0.05, 0.1) is 21.6 Å². The zero-order valence-corrected chi connectivity index (χ0v) is 35.2. The van der Waals surface area contributed by atoms with Gasteiger partial charge in [0.25, 0.3) is 0 Å². The quantitative estimate of drug-likeness (QED) is 0.0982. The summed E-state index contributed by atoms with van der Waals surface area (Å²) in [7, 11) is 8.40. The van der Waals surface area contributed by atoms with Gasteiger partial charge in [-0.3, -0.25) is 33.5 Å². The van der Waals surface area contributed by atoms with Gasteiger partial charge in [-0.05, 0) is 78.1 Å². The number of anilines is 6. The van der Waals surface area contributed by atoms with Gasteiger partial charge < -0.3 is 22.1 Å². The number of thiazole rings is 1. The fourth-order valence-corrected chi connectivity index (χ4v) is 9.31. The van der Waals surface area contributed by atoms with Crippen molar-refractivity contribution in [3.63, 3.8) is 0 Å². The van der Waals surface area contributed by atoms with Gasteiger partial charge >= 0.3 is 69.3 Å². The molecule has 0 unspecified atom stereocenters. The first-order chi connectivity index (χ1) is 25.8. The minimum Gasteiger partial charge on any atom is -0.482 e. The number of thioether (sulfide) groups is 3. The Balaban J connectivity index is 0.000000184. The molecule has 17 heteroatoms. The van der Waals surface area contributed by atoms with Crippen LogP contribution in [-0.2, 0) is 30.2 Å². The molecule has 5 aromatic heterocycles. The minimum atomic E-state index is 0. The molecule has 0 saturated carbocycles. The molecule has 0 N–H and O–H groups in total. The van der Waals surface area contributed by atoms with Crippen LogP contribution in [0.2, 0.25) is 0 Å². The van der Waals surface area contributed by atoms with Gasteiger partial charge in [-0.15, -0.1) is 4.57 Å². The molecular weight excluding hydrogens is 890 g/mol. The molecule has 0 aliphatic carbocycles. The van der Waals surface area contributed by atoms with E-state index in [0.29, 0.717) is 0 Å². The Labute approximate surface area is 369 Å². The van der Waals surface area contributed by atoms with Crippen molar-refractivity contribution >= 4 is 111 Å². The number of pyridine rings is 4. The summed E-state index contributed by atoms with van der Waals surface area (Å²) in [5.41, 5.74) is 11.3. The van der Waals surface area contributed by atoms with Crippen molar-refractivity contribution in [2.24, 2.45) is 0 Å². The normalized spacial score (nSPS) is 13.1. The van der Waals surface area contributed by atoms with Gasteiger partial charge in [0.2, 0.25) is 16.7 Å². The van der Waals surface area contributed by atoms with Crippen molar-refractivity contribution in [2.75, 3.05) is 20.6 Å². The van der Waals surface area contributed by atoms with Crippen LogP contribution in [0.15, 0.2) is 142 Å². The van der Waals surface area contributed by atoms with Crippen LogP contribution in [0.1, 0.15) is 0 Å². The summed E-state index contributed by atoms with van der Waals surface area (Å²) in [6.07, 6.45) is 7.36. The van der Waals surface area contributed by atoms with E-state index in [1.54, 1.807) is 46.6 Å². The number of rotatable bonds is 4. The van der Waals surface area contributed by atoms with Crippen molar-refractivity contribution in [3.8, 4) is 5.69 Å². The van der Waals surface area contributed by atoms with Crippen molar-refractivity contribution in [2.45, 2.75) is 15.1 Å². The fourth-order valence-electron chi connectivity index (χ4n) is 5.76. The van der Waals surface area contributed by atoms with Crippen LogP contribution in [0, 0.1) is 19.2 Å². The second-order valence-electron chi connectivity index (χ2n) is 10.8. The third-order valence-corrected chi connectivity index (χ3v) is 11.6. The predicted molar refractivity (Wildman–Crippen MR) is 216 cm³/mol. The van der Waals surface area contributed by atoms with Gasteiger partial charge in [0, 0.05) is 71.4 Å². The number of halogens is 2. The minimum absolute atomic E-state index is 0. The van der Waals surface area contributed by atoms with Crippen molar-refractivity contribution in [3.05, 3.63) is 147 Å². The van der Waals surface area contributed by atoms with E-state index in [2.05, 4.69) is 180 Å². The Kier molecular flexibility index (Phi) is 16.4. The molecule has 54 heavy (non-hydrogen) atoms. The second-order valence-corrected chi connectivity index (χ2v) is 14.3. The summed E-state index contributed by atoms with van der Waals surface area (Å²) >= 11 is 14.1. The Hall–Kier alpha value is -2.40. The standard InChI is InChI=1S/C18H13N4S2.C18H12N4S2.CH3.2ClH.2Cu.Li/c2*1-4-13(21-11-23-17-15(21)6-2-8-19-17)10-14(5-1)22-12-24-18-16(22)7-3-9-20-18;;;;;;/h1-11H,12H2;1-12H;1H3;2*1H;;;/q+1;-2;-1;;;3*+1/p-2. The molecule has 3 aliphatic rings. The van der Waals surface area contributed by atoms with Crippen molar-refractivity contribution in [1.82, 2.24) is 19.9 Å². The van der Waals surface area contributed by atoms with Crippen molar-refractivity contribution < 1.29 is 53.6 Å². The molecule has 8 nitrogen and oxygen atoms in total. The van der Waals surface area contributed by atoms with E-state index >= 15 is 0 Å². The third kappa shape index (κ3) is 9.08. The molecule has 0 fully saturated rings. The molecule has 3 aliphatic heterocycles. The maximum Gasteiger partial charge on any atom is 1.00 e. The Morgan fingerprint density at radius 1 is 0.611 bits per heavy atom. The third-order valence-electron chi connectivity index (χ3n) is 8.02. The zero-order valence-electron chi connectivity index (χ0n) is 28.6. The molecule has 0 bridgehead atoms. The first-order valence-corrected chi connectivity index (χ1v) is 21.5. The molecule has 8 heterocycles. The monoisotopic (exact) mass is 915 g/mol. The largest absolute Gasteiger partial charge is 1.00 e. The summed E-state index contributed by atoms with van der Waals surface area (Å²) in [5.74, 6) is 5.11. The van der Waals surface area contributed by atoms with Gasteiger partial charge in [-0.1, -0.05) is 23.9 Å². The molecule has 0 radical (unpaired) electrons.